The molecule has 0 aromatic heterocycles. The molecule has 0 spiro atoms. The first-order valence-corrected chi connectivity index (χ1v) is 7.72. The zero-order valence-corrected chi connectivity index (χ0v) is 12.4. The lowest BCUT2D eigenvalue weighted by Crippen LogP contribution is -2.50. The van der Waals surface area contributed by atoms with Crippen LogP contribution in [0.15, 0.2) is 23.4 Å². The fourth-order valence-electron chi connectivity index (χ4n) is 3.77. The Morgan fingerprint density at radius 2 is 2.00 bits per heavy atom. The lowest BCUT2D eigenvalue weighted by Gasteiger charge is -2.34. The summed E-state index contributed by atoms with van der Waals surface area (Å²) in [5.74, 6) is 0. The minimum absolute atomic E-state index is 0.307. The number of aryl methyl sites for hydroxylation is 1. The summed E-state index contributed by atoms with van der Waals surface area (Å²) in [5, 5.41) is 16.8. The lowest BCUT2D eigenvalue weighted by atomic mass is 9.87. The van der Waals surface area contributed by atoms with Gasteiger partial charge in [-0.3, -0.25) is 0 Å². The predicted octanol–water partition coefficient (Wildman–Crippen LogP) is 3.52. The molecular weight excluding hydrogens is 248 g/mol. The molecule has 1 saturated carbocycles. The minimum Gasteiger partial charge on any atom is -0.411 e. The number of nitrogens with one attached hydrogen (secondary N) is 1. The van der Waals surface area contributed by atoms with Gasteiger partial charge in [0.2, 0.25) is 0 Å². The quantitative estimate of drug-likeness (QED) is 0.639. The molecule has 2 aliphatic rings. The molecule has 1 atom stereocenters. The van der Waals surface area contributed by atoms with Crippen molar-refractivity contribution in [3.63, 3.8) is 0 Å². The Balaban J connectivity index is 1.94. The largest absolute Gasteiger partial charge is 0.411 e. The molecule has 0 heterocycles. The van der Waals surface area contributed by atoms with E-state index < -0.39 is 0 Å². The number of rotatable bonds is 2. The van der Waals surface area contributed by atoms with Gasteiger partial charge in [0.05, 0.1) is 11.3 Å². The van der Waals surface area contributed by atoms with Crippen LogP contribution in [0.3, 0.4) is 0 Å². The number of nitrogens with zero attached hydrogens (tertiary/aromatic N) is 1. The smallest absolute Gasteiger partial charge is 0.0857 e. The van der Waals surface area contributed by atoms with Gasteiger partial charge in [-0.1, -0.05) is 48.2 Å². The monoisotopic (exact) mass is 272 g/mol. The fourth-order valence-corrected chi connectivity index (χ4v) is 3.77. The first-order chi connectivity index (χ1) is 9.63. The normalized spacial score (nSPS) is 28.8. The van der Waals surface area contributed by atoms with Gasteiger partial charge < -0.3 is 10.5 Å². The zero-order valence-electron chi connectivity index (χ0n) is 12.4. The highest BCUT2D eigenvalue weighted by Crippen LogP contribution is 2.37. The molecule has 3 heteroatoms. The molecule has 1 aromatic carbocycles. The molecule has 0 bridgehead atoms. The van der Waals surface area contributed by atoms with Crippen molar-refractivity contribution >= 4 is 5.71 Å². The number of fused-ring (bicyclic) bond motifs is 1. The number of hydrogen-bond acceptors (Lipinski definition) is 3. The summed E-state index contributed by atoms with van der Waals surface area (Å²) in [6, 6.07) is 7.09. The molecule has 1 aromatic rings. The van der Waals surface area contributed by atoms with Crippen molar-refractivity contribution in [2.75, 3.05) is 0 Å². The molecule has 108 valence electrons. The van der Waals surface area contributed by atoms with Gasteiger partial charge in [0.15, 0.2) is 0 Å². The van der Waals surface area contributed by atoms with E-state index >= 15 is 0 Å². The van der Waals surface area contributed by atoms with Crippen LogP contribution >= 0.6 is 0 Å². The van der Waals surface area contributed by atoms with Gasteiger partial charge in [0.1, 0.15) is 0 Å². The summed E-state index contributed by atoms with van der Waals surface area (Å²) < 4.78 is 0. The van der Waals surface area contributed by atoms with Crippen LogP contribution in [-0.2, 0) is 12.0 Å². The molecule has 20 heavy (non-hydrogen) atoms. The molecule has 0 amide bonds. The van der Waals surface area contributed by atoms with Crippen LogP contribution in [0.2, 0.25) is 0 Å². The summed E-state index contributed by atoms with van der Waals surface area (Å²) >= 11 is 0. The van der Waals surface area contributed by atoms with Gasteiger partial charge in [-0.05, 0) is 37.8 Å². The van der Waals surface area contributed by atoms with Crippen LogP contribution in [0.4, 0.5) is 0 Å². The van der Waals surface area contributed by atoms with E-state index in [0.717, 1.165) is 12.1 Å². The van der Waals surface area contributed by atoms with Gasteiger partial charge in [0, 0.05) is 12.5 Å². The van der Waals surface area contributed by atoms with Crippen LogP contribution < -0.4 is 5.32 Å². The first kappa shape index (κ1) is 13.6. The molecular formula is C17H24N2O. The molecule has 0 saturated heterocycles. The van der Waals surface area contributed by atoms with E-state index in [1.807, 2.05) is 0 Å². The second-order valence-corrected chi connectivity index (χ2v) is 6.49. The number of hydrogen-bond donors (Lipinski definition) is 2. The van der Waals surface area contributed by atoms with Crippen molar-refractivity contribution in [2.45, 2.75) is 64.0 Å². The summed E-state index contributed by atoms with van der Waals surface area (Å²) in [6.07, 6.45) is 7.18. The Morgan fingerprint density at radius 3 is 2.70 bits per heavy atom. The van der Waals surface area contributed by atoms with Crippen molar-refractivity contribution in [1.29, 1.82) is 0 Å². The topological polar surface area (TPSA) is 44.6 Å². The SMILES string of the molecule is Cc1ccc2c(c1)C(C)(NC1CCCCC1)C(=NO)C2. The molecule has 3 rings (SSSR count). The standard InChI is InChI=1S/C17H24N2O/c1-12-8-9-13-11-16(19-20)17(2,15(13)10-12)18-14-6-4-3-5-7-14/h8-10,14,18,20H,3-7,11H2,1-2H3. The zero-order chi connectivity index (χ0) is 14.2. The highest BCUT2D eigenvalue weighted by Gasteiger charge is 2.42. The van der Waals surface area contributed by atoms with E-state index in [1.54, 1.807) is 0 Å². The maximum Gasteiger partial charge on any atom is 0.0857 e. The third kappa shape index (κ3) is 2.24. The highest BCUT2D eigenvalue weighted by atomic mass is 16.4. The summed E-state index contributed by atoms with van der Waals surface area (Å²) in [5.41, 5.74) is 4.38. The van der Waals surface area contributed by atoms with Crippen molar-refractivity contribution < 1.29 is 5.21 Å². The van der Waals surface area contributed by atoms with E-state index in [1.165, 1.54) is 48.8 Å². The van der Waals surface area contributed by atoms with Gasteiger partial charge >= 0.3 is 0 Å². The van der Waals surface area contributed by atoms with Gasteiger partial charge in [-0.25, -0.2) is 0 Å². The number of benzene rings is 1. The Labute approximate surface area is 121 Å². The number of oxime groups is 1. The van der Waals surface area contributed by atoms with Gasteiger partial charge in [0.25, 0.3) is 0 Å². The van der Waals surface area contributed by atoms with Crippen LogP contribution in [-0.4, -0.2) is 17.0 Å². The van der Waals surface area contributed by atoms with Gasteiger partial charge in [-0.2, -0.15) is 0 Å². The maximum absolute atomic E-state index is 9.42. The average Bonchev–Trinajstić information content (AvgIpc) is 2.72. The van der Waals surface area contributed by atoms with Crippen LogP contribution in [0, 0.1) is 6.92 Å². The van der Waals surface area contributed by atoms with Gasteiger partial charge in [-0.15, -0.1) is 0 Å². The molecule has 2 aliphatic carbocycles. The lowest BCUT2D eigenvalue weighted by molar-refractivity contribution is 0.292. The third-order valence-electron chi connectivity index (χ3n) is 4.96. The summed E-state index contributed by atoms with van der Waals surface area (Å²) in [4.78, 5) is 0. The molecule has 0 aliphatic heterocycles. The van der Waals surface area contributed by atoms with E-state index in [0.29, 0.717) is 6.04 Å². The van der Waals surface area contributed by atoms with Crippen LogP contribution in [0.5, 0.6) is 0 Å². The van der Waals surface area contributed by atoms with Crippen molar-refractivity contribution in [2.24, 2.45) is 5.16 Å². The van der Waals surface area contributed by atoms with E-state index in [-0.39, 0.29) is 5.54 Å². The molecule has 1 fully saturated rings. The van der Waals surface area contributed by atoms with Crippen molar-refractivity contribution in [3.05, 3.63) is 34.9 Å². The van der Waals surface area contributed by atoms with E-state index in [4.69, 9.17) is 0 Å². The third-order valence-corrected chi connectivity index (χ3v) is 4.96. The van der Waals surface area contributed by atoms with Crippen molar-refractivity contribution in [3.8, 4) is 0 Å². The van der Waals surface area contributed by atoms with E-state index in [9.17, 15) is 5.21 Å². The van der Waals surface area contributed by atoms with Crippen molar-refractivity contribution in [1.82, 2.24) is 5.32 Å². The predicted molar refractivity (Wildman–Crippen MR) is 81.5 cm³/mol. The average molecular weight is 272 g/mol. The van der Waals surface area contributed by atoms with Crippen LogP contribution in [0.25, 0.3) is 0 Å². The van der Waals surface area contributed by atoms with E-state index in [2.05, 4.69) is 42.5 Å². The first-order valence-electron chi connectivity index (χ1n) is 7.72. The maximum atomic E-state index is 9.42. The molecule has 2 N–H and O–H groups in total. The Hall–Kier alpha value is -1.35. The highest BCUT2D eigenvalue weighted by molar-refractivity contribution is 5.99. The summed E-state index contributed by atoms with van der Waals surface area (Å²) in [6.45, 7) is 4.29. The minimum atomic E-state index is -0.307. The molecule has 0 radical (unpaired) electrons. The molecule has 3 nitrogen and oxygen atoms in total. The second kappa shape index (κ2) is 5.21. The second-order valence-electron chi connectivity index (χ2n) is 6.49. The molecule has 1 unspecified atom stereocenters. The Morgan fingerprint density at radius 1 is 1.25 bits per heavy atom. The Bertz CT molecular complexity index is 532. The summed E-state index contributed by atoms with van der Waals surface area (Å²) in [7, 11) is 0. The fraction of sp³-hybridized carbons (Fsp3) is 0.588. The Kier molecular flexibility index (Phi) is 3.55. The van der Waals surface area contributed by atoms with Crippen LogP contribution in [0.1, 0.15) is 55.7 Å².